The predicted octanol–water partition coefficient (Wildman–Crippen LogP) is 4.91. The number of para-hydroxylation sites is 1. The second-order valence-corrected chi connectivity index (χ2v) is 7.74. The van der Waals surface area contributed by atoms with Crippen LogP contribution in [-0.2, 0) is 6.42 Å². The third-order valence-corrected chi connectivity index (χ3v) is 6.10. The molecule has 24 heavy (non-hydrogen) atoms. The fraction of sp³-hybridized carbons (Fsp3) is 0.350. The van der Waals surface area contributed by atoms with Crippen LogP contribution in [0.15, 0.2) is 47.4 Å². The van der Waals surface area contributed by atoms with Gasteiger partial charge in [0.05, 0.1) is 12.3 Å². The van der Waals surface area contributed by atoms with Gasteiger partial charge in [-0.05, 0) is 48.7 Å². The van der Waals surface area contributed by atoms with E-state index in [0.717, 1.165) is 23.4 Å². The smallest absolute Gasteiger partial charge is 0.255 e. The van der Waals surface area contributed by atoms with Crippen molar-refractivity contribution in [3.8, 4) is 5.75 Å². The van der Waals surface area contributed by atoms with Crippen LogP contribution in [0.5, 0.6) is 5.75 Å². The Morgan fingerprint density at radius 3 is 2.83 bits per heavy atom. The molecule has 2 aliphatic rings. The minimum atomic E-state index is -0.0517. The molecule has 0 saturated heterocycles. The van der Waals surface area contributed by atoms with Crippen molar-refractivity contribution in [2.75, 3.05) is 11.9 Å². The summed E-state index contributed by atoms with van der Waals surface area (Å²) in [7, 11) is 0. The zero-order valence-electron chi connectivity index (χ0n) is 13.6. The van der Waals surface area contributed by atoms with Crippen LogP contribution >= 0.6 is 11.8 Å². The summed E-state index contributed by atoms with van der Waals surface area (Å²) < 4.78 is 5.51. The van der Waals surface area contributed by atoms with E-state index in [-0.39, 0.29) is 5.91 Å². The standard InChI is InChI=1S/C20H21NO2S/c22-20(15-9-10-18-14(13-15)11-12-23-18)21-17-7-3-4-8-19(17)24-16-5-1-2-6-16/h3-4,7-10,13,16H,1-2,5-6,11-12H2,(H,21,22). The van der Waals surface area contributed by atoms with Crippen molar-refractivity contribution in [3.63, 3.8) is 0 Å². The first kappa shape index (κ1) is 15.6. The predicted molar refractivity (Wildman–Crippen MR) is 98.1 cm³/mol. The number of fused-ring (bicyclic) bond motifs is 1. The van der Waals surface area contributed by atoms with Gasteiger partial charge in [0, 0.05) is 22.1 Å². The minimum absolute atomic E-state index is 0.0517. The molecule has 4 heteroatoms. The lowest BCUT2D eigenvalue weighted by Crippen LogP contribution is -2.13. The van der Waals surface area contributed by atoms with Crippen molar-refractivity contribution in [1.29, 1.82) is 0 Å². The molecule has 4 rings (SSSR count). The zero-order valence-corrected chi connectivity index (χ0v) is 14.4. The topological polar surface area (TPSA) is 38.3 Å². The summed E-state index contributed by atoms with van der Waals surface area (Å²) in [5.74, 6) is 0.855. The van der Waals surface area contributed by atoms with Gasteiger partial charge in [0.1, 0.15) is 5.75 Å². The van der Waals surface area contributed by atoms with Crippen molar-refractivity contribution in [2.24, 2.45) is 0 Å². The summed E-state index contributed by atoms with van der Waals surface area (Å²) in [5, 5.41) is 3.77. The van der Waals surface area contributed by atoms with Crippen molar-refractivity contribution in [3.05, 3.63) is 53.6 Å². The van der Waals surface area contributed by atoms with Crippen LogP contribution in [0, 0.1) is 0 Å². The maximum atomic E-state index is 12.6. The first-order valence-electron chi connectivity index (χ1n) is 8.62. The fourth-order valence-electron chi connectivity index (χ4n) is 3.38. The Labute approximate surface area is 146 Å². The van der Waals surface area contributed by atoms with Crippen LogP contribution in [-0.4, -0.2) is 17.8 Å². The quantitative estimate of drug-likeness (QED) is 0.860. The Balaban J connectivity index is 1.51. The lowest BCUT2D eigenvalue weighted by Gasteiger charge is -2.14. The van der Waals surface area contributed by atoms with Crippen molar-refractivity contribution >= 4 is 23.4 Å². The van der Waals surface area contributed by atoms with E-state index in [0.29, 0.717) is 17.4 Å². The summed E-state index contributed by atoms with van der Waals surface area (Å²) in [6.07, 6.45) is 6.08. The van der Waals surface area contributed by atoms with Crippen LogP contribution < -0.4 is 10.1 Å². The molecule has 1 fully saturated rings. The zero-order chi connectivity index (χ0) is 16.4. The Hall–Kier alpha value is -1.94. The van der Waals surface area contributed by atoms with E-state index in [1.807, 2.05) is 48.2 Å². The highest BCUT2D eigenvalue weighted by Crippen LogP contribution is 2.38. The van der Waals surface area contributed by atoms with Crippen molar-refractivity contribution in [1.82, 2.24) is 0 Å². The second kappa shape index (κ2) is 6.89. The molecule has 3 nitrogen and oxygen atoms in total. The van der Waals surface area contributed by atoms with Gasteiger partial charge in [-0.1, -0.05) is 25.0 Å². The molecule has 2 aromatic carbocycles. The summed E-state index contributed by atoms with van der Waals surface area (Å²) in [6, 6.07) is 13.8. The van der Waals surface area contributed by atoms with Gasteiger partial charge in [-0.25, -0.2) is 0 Å². The van der Waals surface area contributed by atoms with E-state index in [4.69, 9.17) is 4.74 Å². The first-order chi connectivity index (χ1) is 11.8. The number of anilines is 1. The molecule has 0 aromatic heterocycles. The fourth-order valence-corrected chi connectivity index (χ4v) is 4.71. The van der Waals surface area contributed by atoms with Crippen LogP contribution in [0.3, 0.4) is 0 Å². The Kier molecular flexibility index (Phi) is 4.48. The van der Waals surface area contributed by atoms with Gasteiger partial charge >= 0.3 is 0 Å². The normalized spacial score (nSPS) is 16.7. The van der Waals surface area contributed by atoms with Crippen LogP contribution in [0.25, 0.3) is 0 Å². The average Bonchev–Trinajstić information content (AvgIpc) is 3.27. The Morgan fingerprint density at radius 1 is 1.12 bits per heavy atom. The van der Waals surface area contributed by atoms with E-state index < -0.39 is 0 Å². The SMILES string of the molecule is O=C(Nc1ccccc1SC1CCCC1)c1ccc2c(c1)CCO2. The van der Waals surface area contributed by atoms with Crippen LogP contribution in [0.1, 0.15) is 41.6 Å². The molecule has 0 atom stereocenters. The molecule has 1 aliphatic carbocycles. The molecule has 1 heterocycles. The maximum Gasteiger partial charge on any atom is 0.255 e. The highest BCUT2D eigenvalue weighted by Gasteiger charge is 2.19. The molecule has 0 unspecified atom stereocenters. The third-order valence-electron chi connectivity index (χ3n) is 4.68. The van der Waals surface area contributed by atoms with Crippen LogP contribution in [0.2, 0.25) is 0 Å². The van der Waals surface area contributed by atoms with Gasteiger partial charge < -0.3 is 10.1 Å². The molecule has 1 saturated carbocycles. The average molecular weight is 339 g/mol. The molecule has 124 valence electrons. The second-order valence-electron chi connectivity index (χ2n) is 6.40. The van der Waals surface area contributed by atoms with Gasteiger partial charge in [-0.15, -0.1) is 11.8 Å². The summed E-state index contributed by atoms with van der Waals surface area (Å²) in [4.78, 5) is 13.8. The lowest BCUT2D eigenvalue weighted by molar-refractivity contribution is 0.102. The Morgan fingerprint density at radius 2 is 1.96 bits per heavy atom. The molecule has 1 amide bonds. The molecule has 0 bridgehead atoms. The number of rotatable bonds is 4. The van der Waals surface area contributed by atoms with Gasteiger partial charge in [0.2, 0.25) is 0 Å². The van der Waals surface area contributed by atoms with Crippen LogP contribution in [0.4, 0.5) is 5.69 Å². The van der Waals surface area contributed by atoms with Gasteiger partial charge in [0.25, 0.3) is 5.91 Å². The number of amides is 1. The van der Waals surface area contributed by atoms with Gasteiger partial charge in [-0.2, -0.15) is 0 Å². The molecule has 1 N–H and O–H groups in total. The number of benzene rings is 2. The van der Waals surface area contributed by atoms with E-state index in [1.165, 1.54) is 30.6 Å². The maximum absolute atomic E-state index is 12.6. The minimum Gasteiger partial charge on any atom is -0.493 e. The molecule has 1 aliphatic heterocycles. The molecule has 0 spiro atoms. The van der Waals surface area contributed by atoms with Gasteiger partial charge in [0.15, 0.2) is 0 Å². The first-order valence-corrected chi connectivity index (χ1v) is 9.50. The number of thioether (sulfide) groups is 1. The van der Waals surface area contributed by atoms with E-state index >= 15 is 0 Å². The van der Waals surface area contributed by atoms with Crippen molar-refractivity contribution < 1.29 is 9.53 Å². The molecular formula is C20H21NO2S. The summed E-state index contributed by atoms with van der Waals surface area (Å²) >= 11 is 1.90. The number of hydrogen-bond donors (Lipinski definition) is 1. The molecule has 0 radical (unpaired) electrons. The molecule has 2 aromatic rings. The molecular weight excluding hydrogens is 318 g/mol. The number of carbonyl (C=O) groups excluding carboxylic acids is 1. The number of ether oxygens (including phenoxy) is 1. The van der Waals surface area contributed by atoms with Crippen molar-refractivity contribution in [2.45, 2.75) is 42.2 Å². The summed E-state index contributed by atoms with van der Waals surface area (Å²) in [5.41, 5.74) is 2.73. The Bertz CT molecular complexity index is 753. The third kappa shape index (κ3) is 3.29. The summed E-state index contributed by atoms with van der Waals surface area (Å²) in [6.45, 7) is 0.710. The van der Waals surface area contributed by atoms with E-state index in [9.17, 15) is 4.79 Å². The highest BCUT2D eigenvalue weighted by atomic mass is 32.2. The number of carbonyl (C=O) groups is 1. The van der Waals surface area contributed by atoms with E-state index in [2.05, 4.69) is 11.4 Å². The monoisotopic (exact) mass is 339 g/mol. The van der Waals surface area contributed by atoms with E-state index in [1.54, 1.807) is 0 Å². The number of hydrogen-bond acceptors (Lipinski definition) is 3. The number of nitrogens with one attached hydrogen (secondary N) is 1. The lowest BCUT2D eigenvalue weighted by atomic mass is 10.1. The highest BCUT2D eigenvalue weighted by molar-refractivity contribution is 8.00. The van der Waals surface area contributed by atoms with Gasteiger partial charge in [-0.3, -0.25) is 4.79 Å². The largest absolute Gasteiger partial charge is 0.493 e.